The van der Waals surface area contributed by atoms with Crippen LogP contribution in [-0.2, 0) is 23.0 Å². The van der Waals surface area contributed by atoms with Crippen LogP contribution in [0.15, 0.2) is 58.8 Å². The van der Waals surface area contributed by atoms with E-state index in [4.69, 9.17) is 5.14 Å². The van der Waals surface area contributed by atoms with Gasteiger partial charge in [-0.05, 0) is 93.2 Å². The monoisotopic (exact) mass is 632 g/mol. The maximum absolute atomic E-state index is 14.9. The lowest BCUT2D eigenvalue weighted by Crippen LogP contribution is -2.29. The second kappa shape index (κ2) is 12.3. The zero-order valence-electron chi connectivity index (χ0n) is 24.3. The number of hydrogen-bond donors (Lipinski definition) is 2. The molecule has 44 heavy (non-hydrogen) atoms. The Morgan fingerprint density at radius 1 is 1.14 bits per heavy atom. The highest BCUT2D eigenvalue weighted by molar-refractivity contribution is 7.89. The molecule has 0 spiro atoms. The first kappa shape index (κ1) is 30.2. The third kappa shape index (κ3) is 6.79. The quantitative estimate of drug-likeness (QED) is 0.249. The fourth-order valence-corrected chi connectivity index (χ4v) is 7.05. The molecule has 3 N–H and O–H groups in total. The second-order valence-corrected chi connectivity index (χ2v) is 14.1. The van der Waals surface area contributed by atoms with Crippen LogP contribution in [0.1, 0.15) is 53.0 Å². The van der Waals surface area contributed by atoms with E-state index in [2.05, 4.69) is 39.4 Å². The second-order valence-electron chi connectivity index (χ2n) is 11.7. The standard InChI is InChI=1S/C33H33FN4O4S2/c1-37-13-11-21(12-14-37)5-6-22-3-2-4-25(15-22)26-18-30(32-36-28(20-43-32)33(39)40)38(19-23-7-8-23)29(26)17-24-9-10-31(27(34)16-24)44(35,41)42/h2-4,9-10,15-16,18,20-21,23H,7-8,11-14,17,19H2,1H3,(H,39,40)(H2,35,41,42). The molecule has 2 aromatic carbocycles. The van der Waals surface area contributed by atoms with Crippen LogP contribution < -0.4 is 5.14 Å². The number of benzene rings is 2. The van der Waals surface area contributed by atoms with Crippen LogP contribution in [0.25, 0.3) is 21.8 Å². The van der Waals surface area contributed by atoms with Crippen molar-refractivity contribution in [2.45, 2.75) is 43.5 Å². The van der Waals surface area contributed by atoms with E-state index >= 15 is 0 Å². The van der Waals surface area contributed by atoms with E-state index in [1.54, 1.807) is 6.07 Å². The van der Waals surface area contributed by atoms with Crippen LogP contribution in [0.4, 0.5) is 4.39 Å². The van der Waals surface area contributed by atoms with Crippen LogP contribution in [0, 0.1) is 29.5 Å². The summed E-state index contributed by atoms with van der Waals surface area (Å²) in [4.78, 5) is 17.8. The molecule has 0 bridgehead atoms. The first-order valence-electron chi connectivity index (χ1n) is 14.6. The smallest absolute Gasteiger partial charge is 0.355 e. The van der Waals surface area contributed by atoms with E-state index in [0.717, 1.165) is 66.9 Å². The van der Waals surface area contributed by atoms with Gasteiger partial charge in [-0.1, -0.05) is 30.0 Å². The van der Waals surface area contributed by atoms with Crippen molar-refractivity contribution in [1.82, 2.24) is 14.5 Å². The number of primary sulfonamides is 1. The highest BCUT2D eigenvalue weighted by atomic mass is 32.2. The van der Waals surface area contributed by atoms with Gasteiger partial charge in [0.05, 0.1) is 5.69 Å². The molecule has 0 amide bonds. The molecule has 6 rings (SSSR count). The number of carbonyl (C=O) groups is 1. The highest BCUT2D eigenvalue weighted by Crippen LogP contribution is 2.40. The molecule has 3 heterocycles. The molecule has 11 heteroatoms. The van der Waals surface area contributed by atoms with E-state index < -0.39 is 26.7 Å². The summed E-state index contributed by atoms with van der Waals surface area (Å²) in [6, 6.07) is 14.1. The lowest BCUT2D eigenvalue weighted by Gasteiger charge is -2.25. The number of carboxylic acids is 1. The molecule has 2 aliphatic rings. The van der Waals surface area contributed by atoms with Crippen molar-refractivity contribution in [2.24, 2.45) is 17.0 Å². The van der Waals surface area contributed by atoms with Crippen LogP contribution >= 0.6 is 11.3 Å². The molecule has 228 valence electrons. The Morgan fingerprint density at radius 2 is 1.91 bits per heavy atom. The van der Waals surface area contributed by atoms with Crippen molar-refractivity contribution < 1.29 is 22.7 Å². The van der Waals surface area contributed by atoms with Gasteiger partial charge in [-0.15, -0.1) is 11.3 Å². The van der Waals surface area contributed by atoms with Crippen LogP contribution in [0.2, 0.25) is 0 Å². The minimum Gasteiger partial charge on any atom is -0.476 e. The maximum Gasteiger partial charge on any atom is 0.355 e. The van der Waals surface area contributed by atoms with Crippen molar-refractivity contribution in [3.8, 4) is 33.7 Å². The predicted octanol–water partition coefficient (Wildman–Crippen LogP) is 5.46. The number of piperidine rings is 1. The Hall–Kier alpha value is -3.82. The summed E-state index contributed by atoms with van der Waals surface area (Å²) in [7, 11) is -2.07. The minimum absolute atomic E-state index is 0.0147. The van der Waals surface area contributed by atoms with Crippen molar-refractivity contribution in [2.75, 3.05) is 20.1 Å². The molecule has 1 saturated carbocycles. The molecule has 1 aliphatic heterocycles. The molecule has 8 nitrogen and oxygen atoms in total. The Balaban J connectivity index is 1.45. The van der Waals surface area contributed by atoms with Gasteiger partial charge >= 0.3 is 5.97 Å². The zero-order valence-corrected chi connectivity index (χ0v) is 25.9. The summed E-state index contributed by atoms with van der Waals surface area (Å²) in [5.41, 5.74) is 5.01. The van der Waals surface area contributed by atoms with Gasteiger partial charge < -0.3 is 14.6 Å². The molecule has 2 aromatic heterocycles. The third-order valence-electron chi connectivity index (χ3n) is 8.28. The number of nitrogens with two attached hydrogens (primary N) is 1. The van der Waals surface area contributed by atoms with E-state index in [9.17, 15) is 22.7 Å². The number of halogens is 1. The third-order valence-corrected chi connectivity index (χ3v) is 10.1. The van der Waals surface area contributed by atoms with Gasteiger partial charge in [0.1, 0.15) is 15.7 Å². The summed E-state index contributed by atoms with van der Waals surface area (Å²) < 4.78 is 40.7. The van der Waals surface area contributed by atoms with Crippen molar-refractivity contribution in [1.29, 1.82) is 0 Å². The van der Waals surface area contributed by atoms with Crippen molar-refractivity contribution >= 4 is 27.3 Å². The fourth-order valence-electron chi connectivity index (χ4n) is 5.64. The average molecular weight is 633 g/mol. The van der Waals surface area contributed by atoms with E-state index in [0.29, 0.717) is 35.4 Å². The van der Waals surface area contributed by atoms with Gasteiger partial charge in [-0.3, -0.25) is 0 Å². The lowest BCUT2D eigenvalue weighted by atomic mass is 9.96. The zero-order chi connectivity index (χ0) is 31.0. The number of nitrogens with zero attached hydrogens (tertiary/aromatic N) is 3. The van der Waals surface area contributed by atoms with Gasteiger partial charge in [0.2, 0.25) is 10.0 Å². The Labute approximate surface area is 260 Å². The predicted molar refractivity (Wildman–Crippen MR) is 168 cm³/mol. The van der Waals surface area contributed by atoms with Crippen molar-refractivity contribution in [3.05, 3.63) is 82.2 Å². The van der Waals surface area contributed by atoms with Gasteiger partial charge in [0.15, 0.2) is 5.69 Å². The Bertz CT molecular complexity index is 1890. The normalized spacial score (nSPS) is 16.1. The van der Waals surface area contributed by atoms with Gasteiger partial charge in [0, 0.05) is 41.1 Å². The van der Waals surface area contributed by atoms with E-state index in [-0.39, 0.29) is 5.69 Å². The number of rotatable bonds is 8. The number of hydrogen-bond acceptors (Lipinski definition) is 6. The maximum atomic E-state index is 14.9. The first-order chi connectivity index (χ1) is 21.0. The summed E-state index contributed by atoms with van der Waals surface area (Å²) in [6.07, 6.45) is 4.59. The van der Waals surface area contributed by atoms with Gasteiger partial charge in [0.25, 0.3) is 0 Å². The Kier molecular flexibility index (Phi) is 8.44. The van der Waals surface area contributed by atoms with Crippen LogP contribution in [-0.4, -0.2) is 54.1 Å². The summed E-state index contributed by atoms with van der Waals surface area (Å²) in [6.45, 7) is 2.79. The molecule has 0 atom stereocenters. The first-order valence-corrected chi connectivity index (χ1v) is 17.0. The molecule has 0 radical (unpaired) electrons. The van der Waals surface area contributed by atoms with Gasteiger partial charge in [-0.2, -0.15) is 0 Å². The molecule has 1 saturated heterocycles. The summed E-state index contributed by atoms with van der Waals surface area (Å²) in [5.74, 6) is 5.68. The molecule has 1 aliphatic carbocycles. The summed E-state index contributed by atoms with van der Waals surface area (Å²) in [5, 5.41) is 16.8. The van der Waals surface area contributed by atoms with Crippen molar-refractivity contribution in [3.63, 3.8) is 0 Å². The molecular weight excluding hydrogens is 600 g/mol. The largest absolute Gasteiger partial charge is 0.476 e. The number of aromatic carboxylic acids is 1. The SMILES string of the molecule is CN1CCC(C#Cc2cccc(-c3cc(-c4nc(C(=O)O)cs4)n(CC4CC4)c3Cc3ccc(S(N)(=O)=O)c(F)c3)c2)CC1. The van der Waals surface area contributed by atoms with Crippen LogP contribution in [0.3, 0.4) is 0 Å². The topological polar surface area (TPSA) is 119 Å². The molecule has 2 fully saturated rings. The molecular formula is C33H33FN4O4S2. The van der Waals surface area contributed by atoms with Crippen LogP contribution in [0.5, 0.6) is 0 Å². The highest BCUT2D eigenvalue weighted by Gasteiger charge is 2.28. The Morgan fingerprint density at radius 3 is 2.57 bits per heavy atom. The number of carboxylic acid groups (broad SMARTS) is 1. The number of thiazole rings is 1. The van der Waals surface area contributed by atoms with Gasteiger partial charge in [-0.25, -0.2) is 27.7 Å². The van der Waals surface area contributed by atoms with E-state index in [1.165, 1.54) is 28.8 Å². The summed E-state index contributed by atoms with van der Waals surface area (Å²) >= 11 is 1.27. The molecule has 4 aromatic rings. The number of likely N-dealkylation sites (tertiary alicyclic amines) is 1. The minimum atomic E-state index is -4.20. The lowest BCUT2D eigenvalue weighted by molar-refractivity contribution is 0.0691. The average Bonchev–Trinajstić information content (AvgIpc) is 3.54. The van der Waals surface area contributed by atoms with E-state index in [1.807, 2.05) is 24.3 Å². The fraction of sp³-hybridized carbons (Fsp3) is 0.333. The number of sulfonamides is 1. The molecule has 0 unspecified atom stereocenters. The number of aromatic nitrogens is 2.